The van der Waals surface area contributed by atoms with Gasteiger partial charge in [0.2, 0.25) is 0 Å². The molecule has 4 nitrogen and oxygen atoms in total. The summed E-state index contributed by atoms with van der Waals surface area (Å²) in [5.41, 5.74) is 2.63. The lowest BCUT2D eigenvalue weighted by molar-refractivity contribution is 0.0686. The van der Waals surface area contributed by atoms with Crippen LogP contribution in [0.3, 0.4) is 0 Å². The normalized spacial score (nSPS) is 18.6. The van der Waals surface area contributed by atoms with E-state index in [9.17, 15) is 4.79 Å². The van der Waals surface area contributed by atoms with Gasteiger partial charge in [0.15, 0.2) is 0 Å². The lowest BCUT2D eigenvalue weighted by Gasteiger charge is -2.31. The minimum Gasteiger partial charge on any atom is -0.477 e. The molecule has 0 saturated heterocycles. The second kappa shape index (κ2) is 3.10. The molecule has 0 atom stereocenters. The Morgan fingerprint density at radius 3 is 2.80 bits per heavy atom. The molecule has 1 aromatic rings. The van der Waals surface area contributed by atoms with Crippen molar-refractivity contribution in [2.75, 3.05) is 6.54 Å². The van der Waals surface area contributed by atoms with Crippen LogP contribution in [0.5, 0.6) is 0 Å². The Morgan fingerprint density at radius 2 is 2.27 bits per heavy atom. The molecule has 0 aliphatic carbocycles. The highest BCUT2D eigenvalue weighted by atomic mass is 16.4. The highest BCUT2D eigenvalue weighted by Gasteiger charge is 2.31. The molecule has 1 aromatic heterocycles. The molecule has 0 bridgehead atoms. The second-order valence-corrected chi connectivity index (χ2v) is 4.74. The van der Waals surface area contributed by atoms with E-state index in [0.29, 0.717) is 5.69 Å². The van der Waals surface area contributed by atoms with E-state index in [1.165, 1.54) is 0 Å². The first-order chi connectivity index (χ1) is 6.93. The Kier molecular flexibility index (Phi) is 2.12. The smallest absolute Gasteiger partial charge is 0.352 e. The van der Waals surface area contributed by atoms with Crippen molar-refractivity contribution in [3.63, 3.8) is 0 Å². The fraction of sp³-hybridized carbons (Fsp3) is 0.545. The van der Waals surface area contributed by atoms with Crippen molar-refractivity contribution in [3.8, 4) is 0 Å². The highest BCUT2D eigenvalue weighted by molar-refractivity contribution is 5.86. The summed E-state index contributed by atoms with van der Waals surface area (Å²) in [6.45, 7) is 5.90. The first kappa shape index (κ1) is 10.2. The predicted octanol–water partition coefficient (Wildman–Crippen LogP) is 1.10. The van der Waals surface area contributed by atoms with E-state index in [0.717, 1.165) is 24.3 Å². The summed E-state index contributed by atoms with van der Waals surface area (Å²) in [5.74, 6) is -0.859. The summed E-state index contributed by atoms with van der Waals surface area (Å²) in [6.07, 6.45) is 0. The number of carbonyl (C=O) groups is 1. The van der Waals surface area contributed by atoms with E-state index in [1.807, 2.05) is 7.05 Å². The fourth-order valence-corrected chi connectivity index (χ4v) is 2.24. The number of fused-ring (bicyclic) bond motifs is 1. The van der Waals surface area contributed by atoms with E-state index in [2.05, 4.69) is 19.2 Å². The van der Waals surface area contributed by atoms with Crippen molar-refractivity contribution < 1.29 is 9.90 Å². The van der Waals surface area contributed by atoms with Crippen molar-refractivity contribution in [2.45, 2.75) is 25.8 Å². The van der Waals surface area contributed by atoms with Crippen LogP contribution in [0.15, 0.2) is 6.07 Å². The van der Waals surface area contributed by atoms with E-state index in [4.69, 9.17) is 5.11 Å². The topological polar surface area (TPSA) is 54.3 Å². The van der Waals surface area contributed by atoms with Crippen LogP contribution in [0.4, 0.5) is 0 Å². The Hall–Kier alpha value is -1.29. The molecule has 2 heterocycles. The SMILES string of the molecule is Cn1c(C(=O)O)cc2c1CNCC2(C)C. The maximum Gasteiger partial charge on any atom is 0.352 e. The Labute approximate surface area is 88.9 Å². The van der Waals surface area contributed by atoms with Crippen LogP contribution in [-0.2, 0) is 19.0 Å². The number of nitrogens with zero attached hydrogens (tertiary/aromatic N) is 1. The van der Waals surface area contributed by atoms with Crippen molar-refractivity contribution in [2.24, 2.45) is 7.05 Å². The molecule has 0 saturated carbocycles. The quantitative estimate of drug-likeness (QED) is 0.726. The fourth-order valence-electron chi connectivity index (χ4n) is 2.24. The van der Waals surface area contributed by atoms with Gasteiger partial charge in [-0.05, 0) is 11.6 Å². The molecule has 2 N–H and O–H groups in total. The zero-order valence-corrected chi connectivity index (χ0v) is 9.29. The standard InChI is InChI=1S/C11H16N2O2/c1-11(2)6-12-5-9-7(11)4-8(10(14)15)13(9)3/h4,12H,5-6H2,1-3H3,(H,14,15). The molecular weight excluding hydrogens is 192 g/mol. The molecule has 0 radical (unpaired) electrons. The zero-order chi connectivity index (χ0) is 11.2. The zero-order valence-electron chi connectivity index (χ0n) is 9.29. The minimum absolute atomic E-state index is 0.0129. The number of hydrogen-bond acceptors (Lipinski definition) is 2. The van der Waals surface area contributed by atoms with Gasteiger partial charge in [-0.15, -0.1) is 0 Å². The summed E-state index contributed by atoms with van der Waals surface area (Å²) >= 11 is 0. The van der Waals surface area contributed by atoms with Crippen molar-refractivity contribution >= 4 is 5.97 Å². The molecule has 15 heavy (non-hydrogen) atoms. The van der Waals surface area contributed by atoms with Crippen LogP contribution in [0.25, 0.3) is 0 Å². The van der Waals surface area contributed by atoms with Crippen LogP contribution in [0.2, 0.25) is 0 Å². The predicted molar refractivity (Wildman–Crippen MR) is 57.1 cm³/mol. The van der Waals surface area contributed by atoms with Gasteiger partial charge in [0, 0.05) is 31.2 Å². The largest absolute Gasteiger partial charge is 0.477 e. The molecule has 0 fully saturated rings. The molecule has 0 aromatic carbocycles. The van der Waals surface area contributed by atoms with Crippen molar-refractivity contribution in [3.05, 3.63) is 23.0 Å². The van der Waals surface area contributed by atoms with E-state index >= 15 is 0 Å². The van der Waals surface area contributed by atoms with Crippen molar-refractivity contribution in [1.29, 1.82) is 0 Å². The number of aromatic carboxylic acids is 1. The van der Waals surface area contributed by atoms with Crippen molar-refractivity contribution in [1.82, 2.24) is 9.88 Å². The molecule has 1 aliphatic rings. The van der Waals surface area contributed by atoms with E-state index in [-0.39, 0.29) is 5.41 Å². The average molecular weight is 208 g/mol. The van der Waals surface area contributed by atoms with Gasteiger partial charge < -0.3 is 15.0 Å². The van der Waals surface area contributed by atoms with Gasteiger partial charge in [-0.1, -0.05) is 13.8 Å². The summed E-state index contributed by atoms with van der Waals surface area (Å²) in [4.78, 5) is 11.0. The number of carboxylic acids is 1. The Morgan fingerprint density at radius 1 is 1.60 bits per heavy atom. The van der Waals surface area contributed by atoms with Gasteiger partial charge in [0.1, 0.15) is 5.69 Å². The summed E-state index contributed by atoms with van der Waals surface area (Å²) in [6, 6.07) is 1.80. The molecule has 0 amide bonds. The third-order valence-corrected chi connectivity index (χ3v) is 3.17. The molecule has 1 aliphatic heterocycles. The summed E-state index contributed by atoms with van der Waals surface area (Å²) in [7, 11) is 1.81. The van der Waals surface area contributed by atoms with Gasteiger partial charge in [-0.2, -0.15) is 0 Å². The van der Waals surface area contributed by atoms with Crippen LogP contribution < -0.4 is 5.32 Å². The third-order valence-electron chi connectivity index (χ3n) is 3.17. The maximum atomic E-state index is 11.0. The van der Waals surface area contributed by atoms with E-state index in [1.54, 1.807) is 10.6 Å². The molecule has 0 spiro atoms. The maximum absolute atomic E-state index is 11.0. The van der Waals surface area contributed by atoms with E-state index < -0.39 is 5.97 Å². The molecule has 0 unspecified atom stereocenters. The number of nitrogens with one attached hydrogen (secondary N) is 1. The minimum atomic E-state index is -0.859. The van der Waals surface area contributed by atoms with Crippen LogP contribution >= 0.6 is 0 Å². The molecule has 2 rings (SSSR count). The van der Waals surface area contributed by atoms with Gasteiger partial charge in [0.25, 0.3) is 0 Å². The average Bonchev–Trinajstić information content (AvgIpc) is 2.45. The molecule has 4 heteroatoms. The summed E-state index contributed by atoms with van der Waals surface area (Å²) < 4.78 is 1.77. The van der Waals surface area contributed by atoms with Gasteiger partial charge in [-0.3, -0.25) is 0 Å². The van der Waals surface area contributed by atoms with Crippen LogP contribution in [-0.4, -0.2) is 22.2 Å². The van der Waals surface area contributed by atoms with Gasteiger partial charge >= 0.3 is 5.97 Å². The number of aromatic nitrogens is 1. The third kappa shape index (κ3) is 1.45. The molecule has 82 valence electrons. The van der Waals surface area contributed by atoms with Gasteiger partial charge in [0.05, 0.1) is 0 Å². The first-order valence-electron chi connectivity index (χ1n) is 5.06. The second-order valence-electron chi connectivity index (χ2n) is 4.74. The summed E-state index contributed by atoms with van der Waals surface area (Å²) in [5, 5.41) is 12.4. The Balaban J connectivity index is 2.60. The molecular formula is C11H16N2O2. The number of rotatable bonds is 1. The van der Waals surface area contributed by atoms with Gasteiger partial charge in [-0.25, -0.2) is 4.79 Å². The Bertz CT molecular complexity index is 418. The highest BCUT2D eigenvalue weighted by Crippen LogP contribution is 2.31. The van der Waals surface area contributed by atoms with Crippen LogP contribution in [0, 0.1) is 0 Å². The monoisotopic (exact) mass is 208 g/mol. The lowest BCUT2D eigenvalue weighted by atomic mass is 9.82. The lowest BCUT2D eigenvalue weighted by Crippen LogP contribution is -2.38. The number of hydrogen-bond donors (Lipinski definition) is 2. The van der Waals surface area contributed by atoms with Crippen LogP contribution in [0.1, 0.15) is 35.6 Å². The first-order valence-corrected chi connectivity index (χ1v) is 5.06. The number of carboxylic acid groups (broad SMARTS) is 1.